The topological polar surface area (TPSA) is 12.0 Å². The molecule has 86 valence electrons. The third-order valence-corrected chi connectivity index (χ3v) is 5.72. The molecule has 1 aliphatic carbocycles. The lowest BCUT2D eigenvalue weighted by Gasteiger charge is -2.26. The zero-order valence-corrected chi connectivity index (χ0v) is 10.8. The molecule has 1 aromatic carbocycles. The molecule has 0 amide bonds. The van der Waals surface area contributed by atoms with Gasteiger partial charge in [-0.25, -0.2) is 0 Å². The fraction of sp³-hybridized carbons (Fsp3) is 0.538. The van der Waals surface area contributed by atoms with Crippen LogP contribution in [0.3, 0.4) is 0 Å². The summed E-state index contributed by atoms with van der Waals surface area (Å²) in [7, 11) is 0. The van der Waals surface area contributed by atoms with Crippen molar-refractivity contribution in [3.63, 3.8) is 0 Å². The molecule has 3 rings (SSSR count). The van der Waals surface area contributed by atoms with E-state index in [2.05, 4.69) is 11.4 Å². The third-order valence-electron chi connectivity index (χ3n) is 3.81. The molecule has 3 heteroatoms. The molecule has 0 saturated heterocycles. The van der Waals surface area contributed by atoms with Crippen LogP contribution in [-0.2, 0) is 0 Å². The average molecular weight is 254 g/mol. The monoisotopic (exact) mass is 253 g/mol. The Morgan fingerprint density at radius 1 is 1.25 bits per heavy atom. The van der Waals surface area contributed by atoms with E-state index in [0.29, 0.717) is 5.41 Å². The first-order chi connectivity index (χ1) is 7.79. The summed E-state index contributed by atoms with van der Waals surface area (Å²) in [5.74, 6) is 1.22. The summed E-state index contributed by atoms with van der Waals surface area (Å²) in [6.45, 7) is 1.12. The Bertz CT molecular complexity index is 399. The van der Waals surface area contributed by atoms with Crippen LogP contribution >= 0.6 is 23.4 Å². The Hall–Kier alpha value is -0.340. The first-order valence-corrected chi connectivity index (χ1v) is 7.31. The number of thioether (sulfide) groups is 1. The maximum Gasteiger partial charge on any atom is 0.0562 e. The lowest BCUT2D eigenvalue weighted by Crippen LogP contribution is -2.27. The minimum absolute atomic E-state index is 0.521. The molecule has 1 N–H and O–H groups in total. The minimum Gasteiger partial charge on any atom is -0.384 e. The van der Waals surface area contributed by atoms with Gasteiger partial charge in [0, 0.05) is 22.9 Å². The molecule has 1 nitrogen and oxygen atoms in total. The Balaban J connectivity index is 1.89. The van der Waals surface area contributed by atoms with Crippen molar-refractivity contribution < 1.29 is 0 Å². The smallest absolute Gasteiger partial charge is 0.0562 e. The largest absolute Gasteiger partial charge is 0.384 e. The lowest BCUT2D eigenvalue weighted by atomic mass is 9.88. The molecule has 1 spiro atoms. The maximum absolute atomic E-state index is 6.25. The Morgan fingerprint density at radius 3 is 2.88 bits per heavy atom. The Labute approximate surface area is 106 Å². The van der Waals surface area contributed by atoms with Crippen LogP contribution in [0.4, 0.5) is 5.69 Å². The summed E-state index contributed by atoms with van der Waals surface area (Å²) in [5.41, 5.74) is 1.74. The van der Waals surface area contributed by atoms with Gasteiger partial charge in [-0.2, -0.15) is 0 Å². The number of anilines is 1. The first-order valence-electron chi connectivity index (χ1n) is 5.94. The number of rotatable bonds is 0. The van der Waals surface area contributed by atoms with Gasteiger partial charge in [0.1, 0.15) is 0 Å². The van der Waals surface area contributed by atoms with Gasteiger partial charge in [0.2, 0.25) is 0 Å². The van der Waals surface area contributed by atoms with Gasteiger partial charge in [0.15, 0.2) is 0 Å². The summed E-state index contributed by atoms with van der Waals surface area (Å²) < 4.78 is 0. The highest BCUT2D eigenvalue weighted by atomic mass is 35.5. The van der Waals surface area contributed by atoms with Crippen LogP contribution in [0.15, 0.2) is 23.1 Å². The van der Waals surface area contributed by atoms with Crippen LogP contribution in [0.1, 0.15) is 25.7 Å². The van der Waals surface area contributed by atoms with Crippen LogP contribution in [0.25, 0.3) is 0 Å². The minimum atomic E-state index is 0.521. The van der Waals surface area contributed by atoms with E-state index in [1.165, 1.54) is 42.0 Å². The maximum atomic E-state index is 6.25. The van der Waals surface area contributed by atoms with Crippen molar-refractivity contribution in [2.75, 3.05) is 17.6 Å². The molecule has 1 saturated carbocycles. The number of halogens is 1. The van der Waals surface area contributed by atoms with Gasteiger partial charge in [-0.05, 0) is 30.4 Å². The molecule has 1 aliphatic heterocycles. The normalized spacial score (nSPS) is 22.6. The van der Waals surface area contributed by atoms with E-state index in [-0.39, 0.29) is 0 Å². The van der Waals surface area contributed by atoms with E-state index in [9.17, 15) is 0 Å². The van der Waals surface area contributed by atoms with Crippen molar-refractivity contribution in [3.8, 4) is 0 Å². The van der Waals surface area contributed by atoms with E-state index in [1.807, 2.05) is 23.9 Å². The predicted octanol–water partition coefficient (Wildman–Crippen LogP) is 4.42. The van der Waals surface area contributed by atoms with E-state index < -0.39 is 0 Å². The molecule has 0 bridgehead atoms. The highest BCUT2D eigenvalue weighted by molar-refractivity contribution is 7.99. The second-order valence-corrected chi connectivity index (χ2v) is 6.36. The van der Waals surface area contributed by atoms with Gasteiger partial charge >= 0.3 is 0 Å². The van der Waals surface area contributed by atoms with Gasteiger partial charge in [-0.1, -0.05) is 30.5 Å². The van der Waals surface area contributed by atoms with Crippen molar-refractivity contribution in [2.24, 2.45) is 5.41 Å². The fourth-order valence-corrected chi connectivity index (χ4v) is 4.48. The molecule has 16 heavy (non-hydrogen) atoms. The number of fused-ring (bicyclic) bond motifs is 1. The standard InChI is InChI=1S/C13H16ClNS/c14-10-4-3-5-11-12(10)16-9-13(8-15-11)6-1-2-7-13/h3-5,15H,1-2,6-9H2. The quantitative estimate of drug-likeness (QED) is 0.735. The van der Waals surface area contributed by atoms with Crippen molar-refractivity contribution in [3.05, 3.63) is 23.2 Å². The molecular weight excluding hydrogens is 238 g/mol. The van der Waals surface area contributed by atoms with Crippen molar-refractivity contribution >= 4 is 29.1 Å². The van der Waals surface area contributed by atoms with Crippen LogP contribution in [0, 0.1) is 5.41 Å². The van der Waals surface area contributed by atoms with Crippen LogP contribution in [-0.4, -0.2) is 12.3 Å². The number of nitrogens with one attached hydrogen (secondary N) is 1. The summed E-state index contributed by atoms with van der Waals surface area (Å²) in [5, 5.41) is 4.49. The molecule has 2 aliphatic rings. The molecule has 0 aromatic heterocycles. The number of hydrogen-bond donors (Lipinski definition) is 1. The van der Waals surface area contributed by atoms with Crippen molar-refractivity contribution in [2.45, 2.75) is 30.6 Å². The highest BCUT2D eigenvalue weighted by Crippen LogP contribution is 2.47. The van der Waals surface area contributed by atoms with Gasteiger partial charge in [0.25, 0.3) is 0 Å². The van der Waals surface area contributed by atoms with Gasteiger partial charge < -0.3 is 5.32 Å². The van der Waals surface area contributed by atoms with Gasteiger partial charge in [0.05, 0.1) is 5.02 Å². The molecule has 0 radical (unpaired) electrons. The molecule has 1 aromatic rings. The second-order valence-electron chi connectivity index (χ2n) is 4.97. The zero-order chi connectivity index (χ0) is 11.0. The van der Waals surface area contributed by atoms with Crippen LogP contribution in [0.2, 0.25) is 5.02 Å². The molecular formula is C13H16ClNS. The summed E-state index contributed by atoms with van der Waals surface area (Å²) >= 11 is 8.19. The van der Waals surface area contributed by atoms with Gasteiger partial charge in [-0.15, -0.1) is 11.8 Å². The Kier molecular flexibility index (Phi) is 2.80. The summed E-state index contributed by atoms with van der Waals surface area (Å²) in [6.07, 6.45) is 5.54. The fourth-order valence-electron chi connectivity index (χ4n) is 2.80. The average Bonchev–Trinajstić information content (AvgIpc) is 2.65. The van der Waals surface area contributed by atoms with E-state index >= 15 is 0 Å². The van der Waals surface area contributed by atoms with Gasteiger partial charge in [-0.3, -0.25) is 0 Å². The van der Waals surface area contributed by atoms with E-state index in [1.54, 1.807) is 0 Å². The molecule has 0 atom stereocenters. The molecule has 0 unspecified atom stereocenters. The third kappa shape index (κ3) is 1.82. The zero-order valence-electron chi connectivity index (χ0n) is 9.26. The Morgan fingerprint density at radius 2 is 2.06 bits per heavy atom. The SMILES string of the molecule is Clc1cccc2c1SCC1(CCCC1)CN2. The lowest BCUT2D eigenvalue weighted by molar-refractivity contribution is 0.373. The summed E-state index contributed by atoms with van der Waals surface area (Å²) in [6, 6.07) is 6.16. The van der Waals surface area contributed by atoms with Crippen LogP contribution in [0.5, 0.6) is 0 Å². The second kappa shape index (κ2) is 4.15. The van der Waals surface area contributed by atoms with E-state index in [4.69, 9.17) is 11.6 Å². The molecule has 1 fully saturated rings. The van der Waals surface area contributed by atoms with E-state index in [0.717, 1.165) is 11.6 Å². The number of benzene rings is 1. The van der Waals surface area contributed by atoms with Crippen molar-refractivity contribution in [1.82, 2.24) is 0 Å². The number of hydrogen-bond acceptors (Lipinski definition) is 2. The van der Waals surface area contributed by atoms with Crippen LogP contribution < -0.4 is 5.32 Å². The first kappa shape index (κ1) is 10.8. The summed E-state index contributed by atoms with van der Waals surface area (Å²) in [4.78, 5) is 1.24. The van der Waals surface area contributed by atoms with Crippen molar-refractivity contribution in [1.29, 1.82) is 0 Å². The molecule has 1 heterocycles. The predicted molar refractivity (Wildman–Crippen MR) is 71.6 cm³/mol. The highest BCUT2D eigenvalue weighted by Gasteiger charge is 2.35.